The van der Waals surface area contributed by atoms with Crippen molar-refractivity contribution in [1.82, 2.24) is 5.32 Å². The van der Waals surface area contributed by atoms with Crippen LogP contribution in [0.3, 0.4) is 0 Å². The minimum absolute atomic E-state index is 0.0434. The van der Waals surface area contributed by atoms with Gasteiger partial charge in [-0.2, -0.15) is 0 Å². The van der Waals surface area contributed by atoms with Gasteiger partial charge in [-0.3, -0.25) is 9.59 Å². The van der Waals surface area contributed by atoms with Gasteiger partial charge in [-0.05, 0) is 89.9 Å². The van der Waals surface area contributed by atoms with Gasteiger partial charge >= 0.3 is 5.97 Å². The van der Waals surface area contributed by atoms with E-state index in [-0.39, 0.29) is 24.9 Å². The predicted molar refractivity (Wildman–Crippen MR) is 278 cm³/mol. The molecule has 370 valence electrons. The molecule has 64 heavy (non-hydrogen) atoms. The van der Waals surface area contributed by atoms with Crippen molar-refractivity contribution in [3.05, 3.63) is 72.9 Å². The van der Waals surface area contributed by atoms with E-state index in [1.165, 1.54) is 116 Å². The van der Waals surface area contributed by atoms with E-state index in [1.807, 2.05) is 0 Å². The average molecular weight is 894 g/mol. The highest BCUT2D eigenvalue weighted by molar-refractivity contribution is 5.77. The molecule has 0 aromatic heterocycles. The molecule has 1 amide bonds. The number of esters is 1. The molecule has 6 nitrogen and oxygen atoms in total. The lowest BCUT2D eigenvalue weighted by atomic mass is 10.0. The highest BCUT2D eigenvalue weighted by atomic mass is 16.5. The van der Waals surface area contributed by atoms with Crippen molar-refractivity contribution >= 4 is 11.9 Å². The number of hydrogen-bond donors (Lipinski definition) is 3. The van der Waals surface area contributed by atoms with Crippen LogP contribution in [-0.2, 0) is 14.3 Å². The van der Waals surface area contributed by atoms with Gasteiger partial charge in [-0.1, -0.05) is 229 Å². The van der Waals surface area contributed by atoms with Crippen molar-refractivity contribution < 1.29 is 24.5 Å². The van der Waals surface area contributed by atoms with Gasteiger partial charge in [0.15, 0.2) is 0 Å². The second-order valence-electron chi connectivity index (χ2n) is 18.3. The second kappa shape index (κ2) is 51.3. The van der Waals surface area contributed by atoms with Crippen LogP contribution in [0.5, 0.6) is 0 Å². The summed E-state index contributed by atoms with van der Waals surface area (Å²) in [6.45, 7) is 6.43. The maximum Gasteiger partial charge on any atom is 0.306 e. The number of aliphatic hydroxyl groups is 2. The Morgan fingerprint density at radius 1 is 0.469 bits per heavy atom. The zero-order chi connectivity index (χ0) is 46.7. The van der Waals surface area contributed by atoms with E-state index in [9.17, 15) is 19.8 Å². The molecule has 0 aliphatic carbocycles. The third-order valence-electron chi connectivity index (χ3n) is 12.1. The molecule has 0 rings (SSSR count). The molecule has 3 N–H and O–H groups in total. The summed E-state index contributed by atoms with van der Waals surface area (Å²) in [6, 6.07) is -0.720. The van der Waals surface area contributed by atoms with Crippen LogP contribution in [0.25, 0.3) is 0 Å². The molecule has 3 atom stereocenters. The number of hydrogen-bond acceptors (Lipinski definition) is 5. The molecule has 0 radical (unpaired) electrons. The largest absolute Gasteiger partial charge is 0.462 e. The topological polar surface area (TPSA) is 95.9 Å². The molecular formula is C58H103NO5. The Balaban J connectivity index is 4.70. The van der Waals surface area contributed by atoms with Gasteiger partial charge in [0.1, 0.15) is 6.10 Å². The highest BCUT2D eigenvalue weighted by Gasteiger charge is 2.24. The molecule has 0 saturated carbocycles. The fourth-order valence-corrected chi connectivity index (χ4v) is 7.91. The maximum atomic E-state index is 13.2. The molecule has 3 unspecified atom stereocenters. The first kappa shape index (κ1) is 61.3. The fourth-order valence-electron chi connectivity index (χ4n) is 7.91. The molecule has 0 saturated heterocycles. The van der Waals surface area contributed by atoms with E-state index in [1.54, 1.807) is 0 Å². The van der Waals surface area contributed by atoms with Crippen molar-refractivity contribution in [1.29, 1.82) is 0 Å². The fraction of sp³-hybridized carbons (Fsp3) is 0.759. The maximum absolute atomic E-state index is 13.2. The highest BCUT2D eigenvalue weighted by Crippen LogP contribution is 2.17. The van der Waals surface area contributed by atoms with Gasteiger partial charge in [-0.15, -0.1) is 0 Å². The normalized spacial score (nSPS) is 13.8. The van der Waals surface area contributed by atoms with E-state index >= 15 is 0 Å². The lowest BCUT2D eigenvalue weighted by molar-refractivity contribution is -0.151. The van der Waals surface area contributed by atoms with Crippen LogP contribution in [0.1, 0.15) is 258 Å². The Kier molecular flexibility index (Phi) is 49.1. The molecule has 6 heteroatoms. The van der Waals surface area contributed by atoms with Crippen LogP contribution in [0.2, 0.25) is 0 Å². The van der Waals surface area contributed by atoms with Crippen LogP contribution in [0.15, 0.2) is 72.9 Å². The number of carbonyl (C=O) groups is 2. The Bertz CT molecular complexity index is 1190. The predicted octanol–water partition coefficient (Wildman–Crippen LogP) is 16.6. The van der Waals surface area contributed by atoms with Crippen molar-refractivity contribution in [2.75, 3.05) is 6.61 Å². The summed E-state index contributed by atoms with van der Waals surface area (Å²) in [5.74, 6) is -0.532. The number of carbonyl (C=O) groups excluding carboxylic acids is 2. The van der Waals surface area contributed by atoms with Gasteiger partial charge in [-0.25, -0.2) is 0 Å². The minimum atomic E-state index is -0.804. The Labute approximate surface area is 396 Å². The number of allylic oxidation sites excluding steroid dienone is 12. The summed E-state index contributed by atoms with van der Waals surface area (Å²) in [5, 5.41) is 23.8. The van der Waals surface area contributed by atoms with E-state index in [0.717, 1.165) is 96.3 Å². The van der Waals surface area contributed by atoms with Crippen molar-refractivity contribution in [2.24, 2.45) is 0 Å². The molecule has 0 bridgehead atoms. The molecule has 0 aliphatic heterocycles. The van der Waals surface area contributed by atoms with E-state index in [4.69, 9.17) is 4.74 Å². The molecule has 0 fully saturated rings. The first-order valence-electron chi connectivity index (χ1n) is 27.2. The number of unbranched alkanes of at least 4 members (excludes halogenated alkanes) is 26. The van der Waals surface area contributed by atoms with Gasteiger partial charge in [0.05, 0.1) is 25.2 Å². The lowest BCUT2D eigenvalue weighted by Gasteiger charge is -2.24. The lowest BCUT2D eigenvalue weighted by Crippen LogP contribution is -2.46. The molecular weight excluding hydrogens is 791 g/mol. The molecule has 0 spiro atoms. The summed E-state index contributed by atoms with van der Waals surface area (Å²) in [6.07, 6.45) is 65.3. The second-order valence-corrected chi connectivity index (χ2v) is 18.3. The Morgan fingerprint density at radius 3 is 1.38 bits per heavy atom. The average Bonchev–Trinajstić information content (AvgIpc) is 3.29. The number of rotatable bonds is 48. The number of amides is 1. The summed E-state index contributed by atoms with van der Waals surface area (Å²) in [4.78, 5) is 26.2. The first-order chi connectivity index (χ1) is 31.5. The summed E-state index contributed by atoms with van der Waals surface area (Å²) in [5.41, 5.74) is 0. The zero-order valence-corrected chi connectivity index (χ0v) is 42.1. The van der Waals surface area contributed by atoms with Gasteiger partial charge in [0.2, 0.25) is 5.91 Å². The minimum Gasteiger partial charge on any atom is -0.462 e. The third kappa shape index (κ3) is 45.9. The standard InChI is InChI=1S/C58H103NO5/c1-4-7-10-13-16-19-22-25-27-29-31-33-36-39-42-45-48-51-58(63)64-54(49-46-43-40-37-34-32-30-28-26-23-20-17-14-11-8-5-2)52-57(62)59-55(53-60)56(61)50-47-44-41-38-35-24-21-18-15-12-9-6-3/h16,19,23,25-28,30-34,54-56,60-61H,4-15,17-18,20-22,24,29,35-53H2,1-3H3,(H,59,62)/b19-16-,26-23+,27-25-,30-28+,33-31-,34-32+. The van der Waals surface area contributed by atoms with Crippen LogP contribution in [-0.4, -0.2) is 46.9 Å². The van der Waals surface area contributed by atoms with Crippen molar-refractivity contribution in [3.63, 3.8) is 0 Å². The molecule has 0 aromatic carbocycles. The summed E-state index contributed by atoms with van der Waals surface area (Å²) >= 11 is 0. The monoisotopic (exact) mass is 894 g/mol. The zero-order valence-electron chi connectivity index (χ0n) is 42.1. The van der Waals surface area contributed by atoms with Gasteiger partial charge in [0.25, 0.3) is 0 Å². The number of nitrogens with one attached hydrogen (secondary N) is 1. The van der Waals surface area contributed by atoms with Gasteiger partial charge in [0, 0.05) is 6.42 Å². The van der Waals surface area contributed by atoms with Crippen LogP contribution >= 0.6 is 0 Å². The van der Waals surface area contributed by atoms with Crippen LogP contribution < -0.4 is 5.32 Å². The first-order valence-corrected chi connectivity index (χ1v) is 27.2. The van der Waals surface area contributed by atoms with E-state index in [0.29, 0.717) is 19.3 Å². The van der Waals surface area contributed by atoms with Crippen LogP contribution in [0.4, 0.5) is 0 Å². The van der Waals surface area contributed by atoms with E-state index in [2.05, 4.69) is 99.0 Å². The Hall–Kier alpha value is -2.70. The Morgan fingerprint density at radius 2 is 0.859 bits per heavy atom. The molecule has 0 heterocycles. The molecule has 0 aliphatic rings. The number of ether oxygens (including phenoxy) is 1. The quantitative estimate of drug-likeness (QED) is 0.0245. The smallest absolute Gasteiger partial charge is 0.306 e. The van der Waals surface area contributed by atoms with Crippen LogP contribution in [0, 0.1) is 0 Å². The summed E-state index contributed by atoms with van der Waals surface area (Å²) in [7, 11) is 0. The molecule has 0 aromatic rings. The summed E-state index contributed by atoms with van der Waals surface area (Å²) < 4.78 is 5.92. The van der Waals surface area contributed by atoms with Crippen molar-refractivity contribution in [2.45, 2.75) is 277 Å². The number of aliphatic hydroxyl groups excluding tert-OH is 2. The van der Waals surface area contributed by atoms with Gasteiger partial charge < -0.3 is 20.3 Å². The van der Waals surface area contributed by atoms with E-state index < -0.39 is 18.2 Å². The SMILES string of the molecule is CCCCC/C=C\C/C=C\C/C=C\CCCCCCC(=O)OC(CCCCC/C=C/C=C/C=C/CCCCCCC)CC(=O)NC(CO)C(O)CCCCCCCCCCCCCC. The van der Waals surface area contributed by atoms with Crippen molar-refractivity contribution in [3.8, 4) is 0 Å². The third-order valence-corrected chi connectivity index (χ3v) is 12.1.